The van der Waals surface area contributed by atoms with Crippen molar-refractivity contribution in [3.05, 3.63) is 17.5 Å². The number of nitrogens with zero attached hydrogens (tertiary/aromatic N) is 1. The van der Waals surface area contributed by atoms with Crippen LogP contribution < -0.4 is 4.72 Å². The number of hydrogen-bond donors (Lipinski definition) is 1. The van der Waals surface area contributed by atoms with E-state index in [9.17, 15) is 8.42 Å². The van der Waals surface area contributed by atoms with E-state index in [2.05, 4.69) is 15.8 Å². The van der Waals surface area contributed by atoms with E-state index in [4.69, 9.17) is 10.9 Å². The van der Waals surface area contributed by atoms with Crippen LogP contribution >= 0.6 is 0 Å². The van der Waals surface area contributed by atoms with Crippen LogP contribution in [0.5, 0.6) is 0 Å². The maximum atomic E-state index is 11.6. The Morgan fingerprint density at radius 3 is 2.88 bits per heavy atom. The van der Waals surface area contributed by atoms with E-state index >= 15 is 0 Å². The largest absolute Gasteiger partial charge is 0.361 e. The Kier molecular flexibility index (Phi) is 5.19. The van der Waals surface area contributed by atoms with Crippen molar-refractivity contribution in [2.24, 2.45) is 0 Å². The first-order chi connectivity index (χ1) is 8.03. The summed E-state index contributed by atoms with van der Waals surface area (Å²) in [6.07, 6.45) is 7.32. The quantitative estimate of drug-likeness (QED) is 0.588. The third-order valence-electron chi connectivity index (χ3n) is 2.08. The van der Waals surface area contributed by atoms with Gasteiger partial charge in [0.1, 0.15) is 17.2 Å². The lowest BCUT2D eigenvalue weighted by Crippen LogP contribution is -2.26. The highest BCUT2D eigenvalue weighted by Crippen LogP contribution is 2.05. The molecule has 0 atom stereocenters. The van der Waals surface area contributed by atoms with E-state index in [0.717, 1.165) is 12.8 Å². The minimum atomic E-state index is -3.33. The number of hydrogen-bond acceptors (Lipinski definition) is 4. The normalized spacial score (nSPS) is 11.3. The van der Waals surface area contributed by atoms with E-state index in [0.29, 0.717) is 24.4 Å². The van der Waals surface area contributed by atoms with Crippen molar-refractivity contribution in [3.8, 4) is 12.3 Å². The third kappa shape index (κ3) is 5.52. The van der Waals surface area contributed by atoms with Crippen LogP contribution in [0.25, 0.3) is 0 Å². The Balaban J connectivity index is 2.34. The molecule has 0 saturated carbocycles. The predicted molar refractivity (Wildman–Crippen MR) is 64.6 cm³/mol. The zero-order chi connectivity index (χ0) is 12.7. The number of sulfonamides is 1. The molecule has 0 spiro atoms. The molecule has 5 nitrogen and oxygen atoms in total. The first kappa shape index (κ1) is 13.7. The molecule has 6 heteroatoms. The molecule has 1 aromatic rings. The fourth-order valence-corrected chi connectivity index (χ4v) is 2.39. The molecule has 0 unspecified atom stereocenters. The van der Waals surface area contributed by atoms with Crippen LogP contribution in [0, 0.1) is 19.3 Å². The van der Waals surface area contributed by atoms with Gasteiger partial charge < -0.3 is 4.52 Å². The summed E-state index contributed by atoms with van der Waals surface area (Å²) in [5, 5.41) is 3.64. The molecule has 0 radical (unpaired) electrons. The summed E-state index contributed by atoms with van der Waals surface area (Å²) < 4.78 is 30.5. The molecule has 0 aliphatic carbocycles. The molecule has 94 valence electrons. The molecule has 0 amide bonds. The Morgan fingerprint density at radius 2 is 2.29 bits per heavy atom. The van der Waals surface area contributed by atoms with Crippen molar-refractivity contribution >= 4 is 10.0 Å². The second-order valence-corrected chi connectivity index (χ2v) is 5.55. The van der Waals surface area contributed by atoms with Crippen molar-refractivity contribution in [1.29, 1.82) is 0 Å². The van der Waals surface area contributed by atoms with Crippen LogP contribution in [0.3, 0.4) is 0 Å². The first-order valence-electron chi connectivity index (χ1n) is 5.36. The van der Waals surface area contributed by atoms with Gasteiger partial charge in [-0.15, -0.1) is 12.3 Å². The number of rotatable bonds is 7. The standard InChI is InChI=1S/C11H16N2O3S/c1-3-4-5-6-7-12-17(14,15)9-11-8-10(2)16-13-11/h1,8,12H,4-7,9H2,2H3. The number of aryl methyl sites for hydroxylation is 1. The van der Waals surface area contributed by atoms with Gasteiger partial charge in [-0.25, -0.2) is 13.1 Å². The number of terminal acetylenes is 1. The van der Waals surface area contributed by atoms with Gasteiger partial charge in [-0.1, -0.05) is 5.16 Å². The third-order valence-corrected chi connectivity index (χ3v) is 3.40. The lowest BCUT2D eigenvalue weighted by molar-refractivity contribution is 0.392. The second kappa shape index (κ2) is 6.42. The SMILES string of the molecule is C#CCCCCNS(=O)(=O)Cc1cc(C)on1. The van der Waals surface area contributed by atoms with E-state index < -0.39 is 10.0 Å². The van der Waals surface area contributed by atoms with Crippen molar-refractivity contribution in [2.75, 3.05) is 6.54 Å². The molecule has 0 bridgehead atoms. The van der Waals surface area contributed by atoms with Crippen molar-refractivity contribution in [2.45, 2.75) is 31.9 Å². The molecule has 1 N–H and O–H groups in total. The topological polar surface area (TPSA) is 72.2 Å². The van der Waals surface area contributed by atoms with Gasteiger partial charge in [-0.2, -0.15) is 0 Å². The van der Waals surface area contributed by atoms with Gasteiger partial charge in [0.25, 0.3) is 0 Å². The molecular weight excluding hydrogens is 240 g/mol. The average molecular weight is 256 g/mol. The molecule has 0 aliphatic heterocycles. The van der Waals surface area contributed by atoms with Crippen molar-refractivity contribution < 1.29 is 12.9 Å². The zero-order valence-electron chi connectivity index (χ0n) is 9.77. The van der Waals surface area contributed by atoms with E-state index in [1.807, 2.05) is 0 Å². The van der Waals surface area contributed by atoms with Crippen LogP contribution in [-0.4, -0.2) is 20.1 Å². The highest BCUT2D eigenvalue weighted by atomic mass is 32.2. The summed E-state index contributed by atoms with van der Waals surface area (Å²) in [7, 11) is -3.33. The van der Waals surface area contributed by atoms with Gasteiger partial charge in [-0.05, 0) is 19.8 Å². The van der Waals surface area contributed by atoms with Crippen LogP contribution in [0.15, 0.2) is 10.6 Å². The summed E-state index contributed by atoms with van der Waals surface area (Å²) in [5.74, 6) is 2.96. The second-order valence-electron chi connectivity index (χ2n) is 3.74. The molecular formula is C11H16N2O3S. The van der Waals surface area contributed by atoms with E-state index in [1.54, 1.807) is 13.0 Å². The Morgan fingerprint density at radius 1 is 1.53 bits per heavy atom. The molecule has 0 saturated heterocycles. The maximum Gasteiger partial charge on any atom is 0.217 e. The van der Waals surface area contributed by atoms with Crippen molar-refractivity contribution in [3.63, 3.8) is 0 Å². The van der Waals surface area contributed by atoms with Gasteiger partial charge in [-0.3, -0.25) is 0 Å². The van der Waals surface area contributed by atoms with Gasteiger partial charge >= 0.3 is 0 Å². The molecule has 0 fully saturated rings. The Hall–Kier alpha value is -1.32. The van der Waals surface area contributed by atoms with Crippen molar-refractivity contribution in [1.82, 2.24) is 9.88 Å². The number of aromatic nitrogens is 1. The highest BCUT2D eigenvalue weighted by Gasteiger charge is 2.13. The molecule has 1 heterocycles. The lowest BCUT2D eigenvalue weighted by atomic mass is 10.2. The lowest BCUT2D eigenvalue weighted by Gasteiger charge is -2.03. The monoisotopic (exact) mass is 256 g/mol. The van der Waals surface area contributed by atoms with Crippen LogP contribution in [0.4, 0.5) is 0 Å². The number of nitrogens with one attached hydrogen (secondary N) is 1. The van der Waals surface area contributed by atoms with Crippen LogP contribution in [-0.2, 0) is 15.8 Å². The predicted octanol–water partition coefficient (Wildman–Crippen LogP) is 1.21. The minimum absolute atomic E-state index is 0.153. The number of unbranched alkanes of at least 4 members (excludes halogenated alkanes) is 2. The van der Waals surface area contributed by atoms with Gasteiger partial charge in [0, 0.05) is 19.0 Å². The Labute approximate surface area is 102 Å². The van der Waals surface area contributed by atoms with E-state index in [-0.39, 0.29) is 5.75 Å². The smallest absolute Gasteiger partial charge is 0.217 e. The van der Waals surface area contributed by atoms with Gasteiger partial charge in [0.2, 0.25) is 10.0 Å². The fourth-order valence-electron chi connectivity index (χ4n) is 1.31. The maximum absolute atomic E-state index is 11.6. The molecule has 17 heavy (non-hydrogen) atoms. The van der Waals surface area contributed by atoms with Crippen LogP contribution in [0.2, 0.25) is 0 Å². The molecule has 0 aliphatic rings. The zero-order valence-corrected chi connectivity index (χ0v) is 10.6. The Bertz CT molecular complexity index is 485. The molecule has 0 aromatic carbocycles. The van der Waals surface area contributed by atoms with Gasteiger partial charge in [0.05, 0.1) is 0 Å². The summed E-state index contributed by atoms with van der Waals surface area (Å²) in [6.45, 7) is 2.12. The van der Waals surface area contributed by atoms with Gasteiger partial charge in [0.15, 0.2) is 0 Å². The molecule has 1 rings (SSSR count). The fraction of sp³-hybridized carbons (Fsp3) is 0.545. The summed E-state index contributed by atoms with van der Waals surface area (Å²) >= 11 is 0. The first-order valence-corrected chi connectivity index (χ1v) is 7.02. The summed E-state index contributed by atoms with van der Waals surface area (Å²) in [5.41, 5.74) is 0.415. The highest BCUT2D eigenvalue weighted by molar-refractivity contribution is 7.88. The molecule has 1 aromatic heterocycles. The summed E-state index contributed by atoms with van der Waals surface area (Å²) in [6, 6.07) is 1.61. The minimum Gasteiger partial charge on any atom is -0.361 e. The van der Waals surface area contributed by atoms with E-state index in [1.165, 1.54) is 0 Å². The summed E-state index contributed by atoms with van der Waals surface area (Å²) in [4.78, 5) is 0. The van der Waals surface area contributed by atoms with Crippen LogP contribution in [0.1, 0.15) is 30.7 Å². The average Bonchev–Trinajstić information content (AvgIpc) is 2.62.